The smallest absolute Gasteiger partial charge is 0.264 e. The summed E-state index contributed by atoms with van der Waals surface area (Å²) >= 11 is 0. The fraction of sp³-hybridized carbons (Fsp3) is 0.520. The molecule has 0 aliphatic rings. The number of rotatable bonds is 12. The van der Waals surface area contributed by atoms with E-state index in [1.165, 1.54) is 11.1 Å². The third-order valence-corrected chi connectivity index (χ3v) is 11.1. The predicted octanol–water partition coefficient (Wildman–Crippen LogP) is 5.45. The Hall–Kier alpha value is -1.51. The lowest BCUT2D eigenvalue weighted by Gasteiger charge is -2.36. The second-order valence-corrected chi connectivity index (χ2v) is 16.4. The first-order valence-corrected chi connectivity index (χ1v) is 15.9. The number of hydrogen-bond acceptors (Lipinski definition) is 5. The maximum absolute atomic E-state index is 12.0. The number of hydrogen-bond donors (Lipinski definition) is 0. The van der Waals surface area contributed by atoms with Crippen LogP contribution in [0.2, 0.25) is 18.1 Å². The maximum atomic E-state index is 12.0. The van der Waals surface area contributed by atoms with Crippen LogP contribution in [0.15, 0.2) is 60.7 Å². The van der Waals surface area contributed by atoms with Crippen molar-refractivity contribution >= 4 is 18.4 Å². The van der Waals surface area contributed by atoms with Crippen molar-refractivity contribution in [1.29, 1.82) is 0 Å². The van der Waals surface area contributed by atoms with E-state index in [0.29, 0.717) is 32.7 Å². The Kier molecular flexibility index (Phi) is 9.66. The molecule has 0 fully saturated rings. The van der Waals surface area contributed by atoms with Gasteiger partial charge in [-0.15, -0.1) is 0 Å². The fourth-order valence-corrected chi connectivity index (χ4v) is 4.95. The van der Waals surface area contributed by atoms with E-state index < -0.39 is 24.5 Å². The minimum atomic E-state index is -3.58. The molecule has 0 amide bonds. The first kappa shape index (κ1) is 26.7. The van der Waals surface area contributed by atoms with Gasteiger partial charge in [-0.25, -0.2) is 0 Å². The van der Waals surface area contributed by atoms with E-state index in [1.54, 1.807) is 0 Å². The molecule has 0 saturated heterocycles. The lowest BCUT2D eigenvalue weighted by molar-refractivity contribution is 0.106. The van der Waals surface area contributed by atoms with E-state index >= 15 is 0 Å². The topological polar surface area (TPSA) is 55.8 Å². The summed E-state index contributed by atoms with van der Waals surface area (Å²) in [6.07, 6.45) is 1.18. The van der Waals surface area contributed by atoms with Crippen LogP contribution in [-0.4, -0.2) is 47.1 Å². The van der Waals surface area contributed by atoms with Crippen molar-refractivity contribution in [3.05, 3.63) is 71.8 Å². The van der Waals surface area contributed by atoms with Crippen molar-refractivity contribution in [3.63, 3.8) is 0 Å². The summed E-state index contributed by atoms with van der Waals surface area (Å²) < 4.78 is 35.8. The first-order chi connectivity index (χ1) is 14.9. The third-order valence-electron chi connectivity index (χ3n) is 5.98. The van der Waals surface area contributed by atoms with Crippen LogP contribution in [-0.2, 0) is 31.8 Å². The summed E-state index contributed by atoms with van der Waals surface area (Å²) in [4.78, 5) is 2.24. The largest absolute Gasteiger partial charge is 0.417 e. The van der Waals surface area contributed by atoms with Gasteiger partial charge in [0.25, 0.3) is 10.1 Å². The lowest BCUT2D eigenvalue weighted by atomic mass is 10.1. The molecule has 1 atom stereocenters. The molecule has 5 nitrogen and oxygen atoms in total. The summed E-state index contributed by atoms with van der Waals surface area (Å²) in [5.41, 5.74) is 2.36. The van der Waals surface area contributed by atoms with E-state index in [9.17, 15) is 8.42 Å². The molecule has 0 unspecified atom stereocenters. The van der Waals surface area contributed by atoms with E-state index in [4.69, 9.17) is 8.61 Å². The summed E-state index contributed by atoms with van der Waals surface area (Å²) in [5.74, 6) is 0. The van der Waals surface area contributed by atoms with Crippen molar-refractivity contribution in [2.45, 2.75) is 64.5 Å². The highest BCUT2D eigenvalue weighted by molar-refractivity contribution is 7.86. The highest BCUT2D eigenvalue weighted by Crippen LogP contribution is 2.36. The van der Waals surface area contributed by atoms with Crippen LogP contribution in [0.1, 0.15) is 38.3 Å². The monoisotopic (exact) mass is 477 g/mol. The molecule has 0 aliphatic heterocycles. The summed E-state index contributed by atoms with van der Waals surface area (Å²) in [6, 6.07) is 20.4. The molecule has 0 aromatic heterocycles. The maximum Gasteiger partial charge on any atom is 0.264 e. The standard InChI is InChI=1S/C25H39NO4SSi/c1-25(2,3)32(5,6)29-18-17-24(30-31(4,27)28)21-26(19-22-13-9-7-10-14-22)20-23-15-11-8-12-16-23/h7-16,24H,17-21H2,1-6H3/t24-/m1/s1. The Morgan fingerprint density at radius 2 is 1.38 bits per heavy atom. The van der Waals surface area contributed by atoms with Crippen LogP contribution in [0.3, 0.4) is 0 Å². The quantitative estimate of drug-likeness (QED) is 0.301. The normalized spacial score (nSPS) is 14.0. The molecular formula is C25H39NO4SSi. The highest BCUT2D eigenvalue weighted by atomic mass is 32.2. The zero-order valence-corrected chi connectivity index (χ0v) is 22.2. The van der Waals surface area contributed by atoms with E-state index in [-0.39, 0.29) is 5.04 Å². The lowest BCUT2D eigenvalue weighted by Crippen LogP contribution is -2.42. The van der Waals surface area contributed by atoms with Gasteiger partial charge >= 0.3 is 0 Å². The molecule has 0 spiro atoms. The second-order valence-electron chi connectivity index (χ2n) is 9.96. The van der Waals surface area contributed by atoms with Crippen LogP contribution in [0.4, 0.5) is 0 Å². The van der Waals surface area contributed by atoms with Crippen LogP contribution in [0.5, 0.6) is 0 Å². The van der Waals surface area contributed by atoms with Crippen molar-refractivity contribution in [2.24, 2.45) is 0 Å². The first-order valence-electron chi connectivity index (χ1n) is 11.2. The Balaban J connectivity index is 2.14. The molecule has 0 bridgehead atoms. The average Bonchev–Trinajstić information content (AvgIpc) is 2.67. The fourth-order valence-electron chi connectivity index (χ4n) is 3.24. The van der Waals surface area contributed by atoms with Gasteiger partial charge in [-0.3, -0.25) is 9.08 Å². The Bertz CT molecular complexity index is 870. The molecule has 0 N–H and O–H groups in total. The van der Waals surface area contributed by atoms with Gasteiger partial charge in [0.2, 0.25) is 0 Å². The summed E-state index contributed by atoms with van der Waals surface area (Å²) in [6.45, 7) is 13.4. The zero-order chi connectivity index (χ0) is 23.8. The van der Waals surface area contributed by atoms with Crippen molar-refractivity contribution < 1.29 is 17.0 Å². The van der Waals surface area contributed by atoms with Crippen LogP contribution >= 0.6 is 0 Å². The van der Waals surface area contributed by atoms with Crippen molar-refractivity contribution in [2.75, 3.05) is 19.4 Å². The molecular weight excluding hydrogens is 438 g/mol. The van der Waals surface area contributed by atoms with Gasteiger partial charge in [0, 0.05) is 26.2 Å². The molecule has 0 heterocycles. The third kappa shape index (κ3) is 9.54. The Morgan fingerprint density at radius 3 is 1.78 bits per heavy atom. The van der Waals surface area contributed by atoms with Gasteiger partial charge < -0.3 is 4.43 Å². The van der Waals surface area contributed by atoms with Gasteiger partial charge in [-0.1, -0.05) is 81.4 Å². The molecule has 32 heavy (non-hydrogen) atoms. The SMILES string of the molecule is CC(C)(C)[Si](C)(C)OCC[C@H](CN(Cc1ccccc1)Cc1ccccc1)OS(C)(=O)=O. The second kappa shape index (κ2) is 11.6. The van der Waals surface area contributed by atoms with E-state index in [1.807, 2.05) is 36.4 Å². The molecule has 0 aliphatic carbocycles. The van der Waals surface area contributed by atoms with Crippen molar-refractivity contribution in [1.82, 2.24) is 4.90 Å². The Labute approximate surface area is 196 Å². The molecule has 2 rings (SSSR count). The minimum absolute atomic E-state index is 0.104. The van der Waals surface area contributed by atoms with Gasteiger partial charge in [-0.2, -0.15) is 8.42 Å². The summed E-state index contributed by atoms with van der Waals surface area (Å²) in [5, 5.41) is 0.104. The van der Waals surface area contributed by atoms with Crippen LogP contribution < -0.4 is 0 Å². The van der Waals surface area contributed by atoms with Gasteiger partial charge in [0.05, 0.1) is 12.4 Å². The molecule has 0 saturated carbocycles. The Morgan fingerprint density at radius 1 is 0.906 bits per heavy atom. The van der Waals surface area contributed by atoms with Crippen molar-refractivity contribution in [3.8, 4) is 0 Å². The average molecular weight is 478 g/mol. The minimum Gasteiger partial charge on any atom is -0.417 e. The molecule has 178 valence electrons. The summed E-state index contributed by atoms with van der Waals surface area (Å²) in [7, 11) is -5.49. The van der Waals surface area contributed by atoms with Gasteiger partial charge in [0.1, 0.15) is 0 Å². The van der Waals surface area contributed by atoms with Crippen LogP contribution in [0.25, 0.3) is 0 Å². The molecule has 2 aromatic carbocycles. The predicted molar refractivity (Wildman–Crippen MR) is 134 cm³/mol. The molecule has 0 radical (unpaired) electrons. The zero-order valence-electron chi connectivity index (χ0n) is 20.4. The van der Waals surface area contributed by atoms with Crippen LogP contribution in [0, 0.1) is 0 Å². The van der Waals surface area contributed by atoms with Gasteiger partial charge in [0.15, 0.2) is 8.32 Å². The molecule has 7 heteroatoms. The highest BCUT2D eigenvalue weighted by Gasteiger charge is 2.37. The number of nitrogens with zero attached hydrogens (tertiary/aromatic N) is 1. The van der Waals surface area contributed by atoms with Gasteiger partial charge in [-0.05, 0) is 35.7 Å². The molecule has 2 aromatic rings. The van der Waals surface area contributed by atoms with E-state index in [0.717, 1.165) is 6.26 Å². The van der Waals surface area contributed by atoms with E-state index in [2.05, 4.69) is 63.0 Å². The number of benzene rings is 2.